The Labute approximate surface area is 381 Å². The number of nitrogens with zero attached hydrogens (tertiary/aromatic N) is 4. The molecular weight excluding hydrogens is 846 g/mol. The van der Waals surface area contributed by atoms with Crippen molar-refractivity contribution in [1.82, 2.24) is 30.7 Å². The number of fused-ring (bicyclic) bond motifs is 1. The van der Waals surface area contributed by atoms with E-state index in [1.807, 2.05) is 72.9 Å². The number of nitriles is 1. The third kappa shape index (κ3) is 14.6. The van der Waals surface area contributed by atoms with Gasteiger partial charge in [0.05, 0.1) is 6.07 Å². The number of nitrogens with one attached hydrogen (secondary N) is 3. The number of esters is 1. The molecule has 0 saturated carbocycles. The fraction of sp³-hybridized carbons (Fsp3) is 0.652. The maximum atomic E-state index is 14.8. The van der Waals surface area contributed by atoms with Gasteiger partial charge in [0.25, 0.3) is 5.91 Å². The average Bonchev–Trinajstić information content (AvgIpc) is 3.60. The summed E-state index contributed by atoms with van der Waals surface area (Å²) in [6.07, 6.45) is -1.04. The fourth-order valence-electron chi connectivity index (χ4n) is 7.66. The van der Waals surface area contributed by atoms with Gasteiger partial charge in [0, 0.05) is 50.1 Å². The highest BCUT2D eigenvalue weighted by molar-refractivity contribution is 7.17. The number of hydrogen-bond acceptors (Lipinski definition) is 10. The first kappa shape index (κ1) is 52.6. The summed E-state index contributed by atoms with van der Waals surface area (Å²) in [5.74, 6) is -5.09. The summed E-state index contributed by atoms with van der Waals surface area (Å²) in [5, 5.41) is 21.2. The minimum Gasteiger partial charge on any atom is -0.451 e. The zero-order valence-electron chi connectivity index (χ0n) is 39.0. The smallest absolute Gasteiger partial charge is 0.329 e. The Bertz CT molecular complexity index is 2000. The SMILES string of the molecule is CC(C)C[C@@H]1NC(=O)[C@H](Cc2csc3ccc(Cl)cc23)N(C)C(=O)[C@H](CC(C)C)NC(=O)[C@H](CC(C)C)N(C)C(=O)[C@H](CC(C)C)NC(=O)[C@@H](CCC#N)OC(=O)[C@H](C)N(C)C1=O. The Morgan fingerprint density at radius 3 is 1.65 bits per heavy atom. The number of rotatable bonds is 12. The molecule has 1 aromatic heterocycles. The van der Waals surface area contributed by atoms with Crippen LogP contribution in [0.1, 0.15) is 106 Å². The molecular formula is C46H68ClN7O8S. The van der Waals surface area contributed by atoms with E-state index in [2.05, 4.69) is 16.0 Å². The van der Waals surface area contributed by atoms with Gasteiger partial charge in [0.2, 0.25) is 29.5 Å². The molecule has 1 aromatic carbocycles. The van der Waals surface area contributed by atoms with Crippen LogP contribution in [0, 0.1) is 35.0 Å². The third-order valence-corrected chi connectivity index (χ3v) is 12.5. The lowest BCUT2D eigenvalue weighted by Gasteiger charge is -2.35. The molecule has 3 N–H and O–H groups in total. The molecule has 6 amide bonds. The zero-order valence-corrected chi connectivity index (χ0v) is 40.5. The van der Waals surface area contributed by atoms with Gasteiger partial charge in [-0.25, -0.2) is 4.79 Å². The second kappa shape index (κ2) is 23.8. The number of benzene rings is 1. The quantitative estimate of drug-likeness (QED) is 0.231. The minimum atomic E-state index is -1.49. The number of carbonyl (C=O) groups excluding carboxylic acids is 7. The van der Waals surface area contributed by atoms with Crippen LogP contribution in [-0.2, 0) is 44.7 Å². The van der Waals surface area contributed by atoms with Gasteiger partial charge in [-0.05, 0) is 90.8 Å². The number of carbonyl (C=O) groups is 7. The van der Waals surface area contributed by atoms with Crippen LogP contribution in [0.5, 0.6) is 0 Å². The molecule has 3 rings (SSSR count). The monoisotopic (exact) mass is 913 g/mol. The van der Waals surface area contributed by atoms with E-state index in [1.165, 1.54) is 49.2 Å². The summed E-state index contributed by atoms with van der Waals surface area (Å²) in [4.78, 5) is 104. The van der Waals surface area contributed by atoms with Gasteiger partial charge in [0.1, 0.15) is 36.3 Å². The summed E-state index contributed by atoms with van der Waals surface area (Å²) in [6, 6.07) is 0.488. The Kier molecular flexibility index (Phi) is 19.9. The molecule has 7 atom stereocenters. The number of halogens is 1. The lowest BCUT2D eigenvalue weighted by molar-refractivity contribution is -0.163. The van der Waals surface area contributed by atoms with Crippen LogP contribution in [0.25, 0.3) is 10.1 Å². The van der Waals surface area contributed by atoms with Crippen LogP contribution in [0.2, 0.25) is 5.02 Å². The van der Waals surface area contributed by atoms with Gasteiger partial charge in [-0.2, -0.15) is 5.26 Å². The minimum absolute atomic E-state index is 0.0352. The lowest BCUT2D eigenvalue weighted by atomic mass is 9.96. The highest BCUT2D eigenvalue weighted by Gasteiger charge is 2.40. The van der Waals surface area contributed by atoms with Gasteiger partial charge >= 0.3 is 5.97 Å². The number of amides is 6. The van der Waals surface area contributed by atoms with Crippen molar-refractivity contribution in [2.45, 2.75) is 150 Å². The van der Waals surface area contributed by atoms with Crippen LogP contribution in [0.15, 0.2) is 23.6 Å². The normalized spacial score (nSPS) is 24.5. The number of hydrogen-bond donors (Lipinski definition) is 3. The Morgan fingerprint density at radius 1 is 0.698 bits per heavy atom. The van der Waals surface area contributed by atoms with E-state index in [9.17, 15) is 38.8 Å². The molecule has 1 fully saturated rings. The first-order valence-electron chi connectivity index (χ1n) is 21.9. The van der Waals surface area contributed by atoms with E-state index in [-0.39, 0.29) is 68.6 Å². The highest BCUT2D eigenvalue weighted by Crippen LogP contribution is 2.30. The van der Waals surface area contributed by atoms with E-state index in [1.54, 1.807) is 12.1 Å². The third-order valence-electron chi connectivity index (χ3n) is 11.3. The average molecular weight is 915 g/mol. The largest absolute Gasteiger partial charge is 0.451 e. The molecule has 0 bridgehead atoms. The zero-order chi connectivity index (χ0) is 47.5. The first-order chi connectivity index (χ1) is 29.5. The molecule has 0 aliphatic carbocycles. The van der Waals surface area contributed by atoms with E-state index >= 15 is 0 Å². The van der Waals surface area contributed by atoms with Crippen LogP contribution in [-0.4, -0.2) is 120 Å². The van der Waals surface area contributed by atoms with Crippen LogP contribution >= 0.6 is 22.9 Å². The Balaban J connectivity index is 2.27. The molecule has 0 unspecified atom stereocenters. The summed E-state index contributed by atoms with van der Waals surface area (Å²) in [7, 11) is 4.36. The second-order valence-electron chi connectivity index (χ2n) is 18.5. The fourth-order valence-corrected chi connectivity index (χ4v) is 8.79. The van der Waals surface area contributed by atoms with Crippen molar-refractivity contribution in [2.75, 3.05) is 21.1 Å². The lowest BCUT2D eigenvalue weighted by Crippen LogP contribution is -2.60. The van der Waals surface area contributed by atoms with Crippen LogP contribution in [0.3, 0.4) is 0 Å². The van der Waals surface area contributed by atoms with Crippen molar-refractivity contribution in [1.29, 1.82) is 5.26 Å². The van der Waals surface area contributed by atoms with E-state index in [4.69, 9.17) is 16.3 Å². The summed E-state index contributed by atoms with van der Waals surface area (Å²) in [5.41, 5.74) is 0.745. The molecule has 0 spiro atoms. The van der Waals surface area contributed by atoms with E-state index in [0.717, 1.165) is 20.5 Å². The number of ether oxygens (including phenoxy) is 1. The molecule has 348 valence electrons. The predicted molar refractivity (Wildman–Crippen MR) is 244 cm³/mol. The molecule has 2 heterocycles. The maximum absolute atomic E-state index is 14.8. The molecule has 1 saturated heterocycles. The predicted octanol–water partition coefficient (Wildman–Crippen LogP) is 5.47. The molecule has 63 heavy (non-hydrogen) atoms. The van der Waals surface area contributed by atoms with Crippen molar-refractivity contribution < 1.29 is 38.3 Å². The topological polar surface area (TPSA) is 198 Å². The Hall–Kier alpha value is -4.75. The summed E-state index contributed by atoms with van der Waals surface area (Å²) < 4.78 is 6.62. The molecule has 0 radical (unpaired) electrons. The molecule has 15 nitrogen and oxygen atoms in total. The number of thiophene rings is 1. The van der Waals surface area contributed by atoms with Gasteiger partial charge in [-0.1, -0.05) is 67.0 Å². The standard InChI is InChI=1S/C46H68ClN7O8S/c1-25(2)18-33-43(58)52(10)29(9)46(61)62-38(14-13-17-48)42(57)51-35(20-27(5)6)45(60)53(11)36(21-28(7)8)40(55)50-34(19-26(3)4)44(59)54(12)37(41(56)49-33)22-30-24-63-39-16-15-31(47)23-32(30)39/h15-16,23-29,33-38H,13-14,18-22H2,1-12H3,(H,49,56)(H,50,55)(H,51,57)/t29-,33-,34-,35-,36-,37-,38+/m0/s1. The summed E-state index contributed by atoms with van der Waals surface area (Å²) >= 11 is 7.87. The second-order valence-corrected chi connectivity index (χ2v) is 19.8. The number of cyclic esters (lactones) is 1. The van der Waals surface area contributed by atoms with Crippen molar-refractivity contribution >= 4 is 74.4 Å². The van der Waals surface area contributed by atoms with E-state index in [0.29, 0.717) is 5.02 Å². The van der Waals surface area contributed by atoms with Gasteiger partial charge in [0.15, 0.2) is 6.10 Å². The maximum Gasteiger partial charge on any atom is 0.329 e. The first-order valence-corrected chi connectivity index (χ1v) is 23.2. The highest BCUT2D eigenvalue weighted by atomic mass is 35.5. The van der Waals surface area contributed by atoms with Crippen molar-refractivity contribution in [3.63, 3.8) is 0 Å². The van der Waals surface area contributed by atoms with E-state index < -0.39 is 83.8 Å². The van der Waals surface area contributed by atoms with Crippen LogP contribution < -0.4 is 16.0 Å². The molecule has 17 heteroatoms. The molecule has 1 aliphatic rings. The molecule has 2 aromatic rings. The summed E-state index contributed by atoms with van der Waals surface area (Å²) in [6.45, 7) is 16.5. The van der Waals surface area contributed by atoms with Crippen molar-refractivity contribution in [3.8, 4) is 6.07 Å². The van der Waals surface area contributed by atoms with Crippen molar-refractivity contribution in [3.05, 3.63) is 34.2 Å². The van der Waals surface area contributed by atoms with Crippen molar-refractivity contribution in [2.24, 2.45) is 23.7 Å². The molecule has 1 aliphatic heterocycles. The van der Waals surface area contributed by atoms with Gasteiger partial charge in [-0.15, -0.1) is 11.3 Å². The van der Waals surface area contributed by atoms with Crippen LogP contribution in [0.4, 0.5) is 0 Å². The van der Waals surface area contributed by atoms with Gasteiger partial charge in [-0.3, -0.25) is 28.8 Å². The Morgan fingerprint density at radius 2 is 1.16 bits per heavy atom. The van der Waals surface area contributed by atoms with Gasteiger partial charge < -0.3 is 35.4 Å². The number of likely N-dealkylation sites (N-methyl/N-ethyl adjacent to an activating group) is 3.